The Morgan fingerprint density at radius 2 is 1.31 bits per heavy atom. The summed E-state index contributed by atoms with van der Waals surface area (Å²) in [6.45, 7) is 16.7. The second kappa shape index (κ2) is 8.14. The van der Waals surface area contributed by atoms with Crippen molar-refractivity contribution in [2.75, 3.05) is 0 Å². The van der Waals surface area contributed by atoms with E-state index in [1.165, 1.54) is 25.7 Å². The van der Waals surface area contributed by atoms with Gasteiger partial charge in [-0.05, 0) is 36.0 Å². The van der Waals surface area contributed by atoms with Crippen LogP contribution in [-0.4, -0.2) is 0 Å². The minimum Gasteiger partial charge on any atom is -0.0654 e. The minimum atomic E-state index is 0.834. The molecular weight excluding hydrogens is 192 g/mol. The summed E-state index contributed by atoms with van der Waals surface area (Å²) in [5.74, 6) is 4.44. The van der Waals surface area contributed by atoms with Crippen LogP contribution in [0.15, 0.2) is 0 Å². The standard InChI is InChI=1S/C16H34/c1-8-10-14(6)16(13(5)9-2)11-15(7)12(3)4/h12-16H,8-11H2,1-7H3. The molecule has 4 atom stereocenters. The molecule has 0 aliphatic rings. The SMILES string of the molecule is CCCC(C)C(CC(C)C(C)C)C(C)CC. The molecule has 0 heterocycles. The summed E-state index contributed by atoms with van der Waals surface area (Å²) < 4.78 is 0. The van der Waals surface area contributed by atoms with Crippen molar-refractivity contribution < 1.29 is 0 Å². The van der Waals surface area contributed by atoms with Crippen molar-refractivity contribution in [3.05, 3.63) is 0 Å². The predicted molar refractivity (Wildman–Crippen MR) is 75.6 cm³/mol. The second-order valence-electron chi connectivity index (χ2n) is 6.27. The van der Waals surface area contributed by atoms with Gasteiger partial charge in [0.1, 0.15) is 0 Å². The number of hydrogen-bond donors (Lipinski definition) is 0. The van der Waals surface area contributed by atoms with Gasteiger partial charge in [-0.15, -0.1) is 0 Å². The molecule has 98 valence electrons. The van der Waals surface area contributed by atoms with Gasteiger partial charge in [-0.3, -0.25) is 0 Å². The van der Waals surface area contributed by atoms with Crippen LogP contribution in [0.4, 0.5) is 0 Å². The Hall–Kier alpha value is 0. The molecule has 0 N–H and O–H groups in total. The van der Waals surface area contributed by atoms with E-state index >= 15 is 0 Å². The van der Waals surface area contributed by atoms with E-state index in [0.717, 1.165) is 29.6 Å². The van der Waals surface area contributed by atoms with Crippen molar-refractivity contribution in [3.8, 4) is 0 Å². The van der Waals surface area contributed by atoms with Crippen molar-refractivity contribution >= 4 is 0 Å². The molecule has 0 saturated carbocycles. The van der Waals surface area contributed by atoms with Gasteiger partial charge in [0.25, 0.3) is 0 Å². The van der Waals surface area contributed by atoms with E-state index in [0.29, 0.717) is 0 Å². The molecule has 0 bridgehead atoms. The van der Waals surface area contributed by atoms with Crippen molar-refractivity contribution in [3.63, 3.8) is 0 Å². The average Bonchev–Trinajstić information content (AvgIpc) is 2.24. The molecule has 0 saturated heterocycles. The smallest absolute Gasteiger partial charge is 0.0360 e. The van der Waals surface area contributed by atoms with Crippen LogP contribution in [0, 0.1) is 29.6 Å². The molecule has 0 spiro atoms. The Balaban J connectivity index is 4.42. The van der Waals surface area contributed by atoms with Gasteiger partial charge in [-0.25, -0.2) is 0 Å². The maximum atomic E-state index is 2.47. The van der Waals surface area contributed by atoms with Crippen molar-refractivity contribution in [1.82, 2.24) is 0 Å². The van der Waals surface area contributed by atoms with Crippen molar-refractivity contribution in [1.29, 1.82) is 0 Å². The van der Waals surface area contributed by atoms with E-state index in [2.05, 4.69) is 48.5 Å². The van der Waals surface area contributed by atoms with Crippen LogP contribution in [0.25, 0.3) is 0 Å². The monoisotopic (exact) mass is 226 g/mol. The lowest BCUT2D eigenvalue weighted by Crippen LogP contribution is -2.23. The zero-order valence-corrected chi connectivity index (χ0v) is 12.7. The lowest BCUT2D eigenvalue weighted by atomic mass is 9.73. The van der Waals surface area contributed by atoms with Gasteiger partial charge in [0.15, 0.2) is 0 Å². The first-order chi connectivity index (χ1) is 7.43. The summed E-state index contributed by atoms with van der Waals surface area (Å²) in [5.41, 5.74) is 0. The Bertz CT molecular complexity index is 159. The van der Waals surface area contributed by atoms with E-state index in [1.54, 1.807) is 0 Å². The fraction of sp³-hybridized carbons (Fsp3) is 1.00. The Morgan fingerprint density at radius 1 is 0.750 bits per heavy atom. The van der Waals surface area contributed by atoms with Crippen LogP contribution in [0.3, 0.4) is 0 Å². The molecule has 0 radical (unpaired) electrons. The molecule has 16 heavy (non-hydrogen) atoms. The highest BCUT2D eigenvalue weighted by Crippen LogP contribution is 2.34. The quantitative estimate of drug-likeness (QED) is 0.493. The van der Waals surface area contributed by atoms with Gasteiger partial charge in [0, 0.05) is 0 Å². The van der Waals surface area contributed by atoms with Gasteiger partial charge in [-0.2, -0.15) is 0 Å². The zero-order chi connectivity index (χ0) is 12.7. The Labute approximate surface area is 104 Å². The molecule has 0 aromatic heterocycles. The van der Waals surface area contributed by atoms with E-state index in [4.69, 9.17) is 0 Å². The van der Waals surface area contributed by atoms with Gasteiger partial charge >= 0.3 is 0 Å². The summed E-state index contributed by atoms with van der Waals surface area (Å²) in [7, 11) is 0. The fourth-order valence-corrected chi connectivity index (χ4v) is 2.70. The summed E-state index contributed by atoms with van der Waals surface area (Å²) in [4.78, 5) is 0. The molecule has 0 aromatic carbocycles. The zero-order valence-electron chi connectivity index (χ0n) is 12.7. The summed E-state index contributed by atoms with van der Waals surface area (Å²) >= 11 is 0. The lowest BCUT2D eigenvalue weighted by molar-refractivity contribution is 0.178. The van der Waals surface area contributed by atoms with Crippen LogP contribution < -0.4 is 0 Å². The molecule has 0 aliphatic heterocycles. The van der Waals surface area contributed by atoms with Crippen LogP contribution in [0.2, 0.25) is 0 Å². The molecular formula is C16H34. The summed E-state index contributed by atoms with van der Waals surface area (Å²) in [6.07, 6.45) is 5.50. The van der Waals surface area contributed by atoms with Gasteiger partial charge in [-0.1, -0.05) is 67.7 Å². The third kappa shape index (κ3) is 5.37. The fourth-order valence-electron chi connectivity index (χ4n) is 2.70. The molecule has 0 heteroatoms. The Kier molecular flexibility index (Phi) is 8.14. The maximum Gasteiger partial charge on any atom is -0.0360 e. The maximum absolute atomic E-state index is 2.47. The Morgan fingerprint density at radius 3 is 1.69 bits per heavy atom. The van der Waals surface area contributed by atoms with Crippen LogP contribution in [0.1, 0.15) is 74.1 Å². The molecule has 0 fully saturated rings. The van der Waals surface area contributed by atoms with Gasteiger partial charge in [0.05, 0.1) is 0 Å². The molecule has 0 rings (SSSR count). The van der Waals surface area contributed by atoms with Gasteiger partial charge < -0.3 is 0 Å². The summed E-state index contributed by atoms with van der Waals surface area (Å²) in [6, 6.07) is 0. The van der Waals surface area contributed by atoms with Crippen LogP contribution in [0.5, 0.6) is 0 Å². The van der Waals surface area contributed by atoms with E-state index in [-0.39, 0.29) is 0 Å². The second-order valence-corrected chi connectivity index (χ2v) is 6.27. The first-order valence-corrected chi connectivity index (χ1v) is 7.43. The van der Waals surface area contributed by atoms with Crippen molar-refractivity contribution in [2.24, 2.45) is 29.6 Å². The first-order valence-electron chi connectivity index (χ1n) is 7.43. The average molecular weight is 226 g/mol. The lowest BCUT2D eigenvalue weighted by Gasteiger charge is -2.32. The third-order valence-electron chi connectivity index (χ3n) is 4.63. The highest BCUT2D eigenvalue weighted by atomic mass is 14.3. The first kappa shape index (κ1) is 16.0. The normalized spacial score (nSPS) is 19.5. The van der Waals surface area contributed by atoms with Gasteiger partial charge in [0.2, 0.25) is 0 Å². The summed E-state index contributed by atoms with van der Waals surface area (Å²) in [5, 5.41) is 0. The topological polar surface area (TPSA) is 0 Å². The predicted octanol–water partition coefficient (Wildman–Crippen LogP) is 5.77. The molecule has 0 amide bonds. The molecule has 0 aliphatic carbocycles. The van der Waals surface area contributed by atoms with E-state index < -0.39 is 0 Å². The molecule has 0 aromatic rings. The van der Waals surface area contributed by atoms with E-state index in [1.807, 2.05) is 0 Å². The largest absolute Gasteiger partial charge is 0.0654 e. The molecule has 0 nitrogen and oxygen atoms in total. The van der Waals surface area contributed by atoms with E-state index in [9.17, 15) is 0 Å². The highest BCUT2D eigenvalue weighted by Gasteiger charge is 2.24. The number of hydrogen-bond acceptors (Lipinski definition) is 0. The van der Waals surface area contributed by atoms with Crippen molar-refractivity contribution in [2.45, 2.75) is 74.1 Å². The minimum absolute atomic E-state index is 0.834. The van der Waals surface area contributed by atoms with Crippen LogP contribution in [-0.2, 0) is 0 Å². The highest BCUT2D eigenvalue weighted by molar-refractivity contribution is 4.75. The van der Waals surface area contributed by atoms with Crippen LogP contribution >= 0.6 is 0 Å². The molecule has 4 unspecified atom stereocenters. The third-order valence-corrected chi connectivity index (χ3v) is 4.63. The number of rotatable bonds is 8.